The number of benzene rings is 1. The van der Waals surface area contributed by atoms with E-state index in [1.807, 2.05) is 37.3 Å². The Balaban J connectivity index is 2.50. The molecule has 0 saturated heterocycles. The van der Waals surface area contributed by atoms with Gasteiger partial charge in [0.1, 0.15) is 0 Å². The van der Waals surface area contributed by atoms with Gasteiger partial charge in [-0.2, -0.15) is 0 Å². The molecule has 1 atom stereocenters. The number of hydrogen-bond acceptors (Lipinski definition) is 3. The van der Waals surface area contributed by atoms with Crippen LogP contribution in [0.25, 0.3) is 0 Å². The zero-order chi connectivity index (χ0) is 15.7. The van der Waals surface area contributed by atoms with E-state index in [1.54, 1.807) is 0 Å². The summed E-state index contributed by atoms with van der Waals surface area (Å²) in [6, 6.07) is 9.56. The summed E-state index contributed by atoms with van der Waals surface area (Å²) >= 11 is 4.97. The molecule has 0 aliphatic rings. The summed E-state index contributed by atoms with van der Waals surface area (Å²) in [7, 11) is 0. The molecule has 5 nitrogen and oxygen atoms in total. The molecule has 0 spiro atoms. The highest BCUT2D eigenvalue weighted by Gasteiger charge is 2.21. The Labute approximate surface area is 130 Å². The van der Waals surface area contributed by atoms with Crippen molar-refractivity contribution in [1.82, 2.24) is 10.6 Å². The van der Waals surface area contributed by atoms with Gasteiger partial charge in [-0.3, -0.25) is 9.59 Å². The van der Waals surface area contributed by atoms with Gasteiger partial charge in [-0.05, 0) is 18.9 Å². The van der Waals surface area contributed by atoms with Crippen LogP contribution in [-0.4, -0.2) is 29.9 Å². The second-order valence-electron chi connectivity index (χ2n) is 4.64. The molecule has 2 amide bonds. The third-order valence-corrected chi connectivity index (χ3v) is 3.25. The standard InChI is InChI=1S/C15H21N3O2S/c1-2-17-13(19)8-9-18-15(20)12(14(16)21)10-11-6-4-3-5-7-11/h3-7,12H,2,8-10H2,1H3,(H2,16,21)(H,17,19)(H,18,20). The Morgan fingerprint density at radius 2 is 1.90 bits per heavy atom. The second kappa shape index (κ2) is 9.07. The van der Waals surface area contributed by atoms with Crippen LogP contribution in [0.2, 0.25) is 0 Å². The number of carbonyl (C=O) groups is 2. The molecule has 0 aromatic heterocycles. The Morgan fingerprint density at radius 3 is 2.48 bits per heavy atom. The first-order valence-corrected chi connectivity index (χ1v) is 7.33. The highest BCUT2D eigenvalue weighted by molar-refractivity contribution is 7.80. The molecular weight excluding hydrogens is 286 g/mol. The van der Waals surface area contributed by atoms with Gasteiger partial charge in [0, 0.05) is 19.5 Å². The Morgan fingerprint density at radius 1 is 1.24 bits per heavy atom. The minimum atomic E-state index is -0.559. The number of amides is 2. The second-order valence-corrected chi connectivity index (χ2v) is 5.11. The number of nitrogens with two attached hydrogens (primary N) is 1. The fourth-order valence-corrected chi connectivity index (χ4v) is 2.07. The minimum Gasteiger partial charge on any atom is -0.393 e. The van der Waals surface area contributed by atoms with E-state index in [2.05, 4.69) is 10.6 Å². The molecule has 1 aromatic rings. The third kappa shape index (κ3) is 6.35. The van der Waals surface area contributed by atoms with Gasteiger partial charge in [-0.25, -0.2) is 0 Å². The maximum absolute atomic E-state index is 12.1. The van der Waals surface area contributed by atoms with E-state index in [9.17, 15) is 9.59 Å². The molecule has 1 unspecified atom stereocenters. The fourth-order valence-electron chi connectivity index (χ4n) is 1.88. The van der Waals surface area contributed by atoms with Gasteiger partial charge in [0.05, 0.1) is 10.9 Å². The van der Waals surface area contributed by atoms with E-state index in [0.29, 0.717) is 13.0 Å². The highest BCUT2D eigenvalue weighted by atomic mass is 32.1. The molecule has 0 aliphatic heterocycles. The molecule has 0 bridgehead atoms. The first-order chi connectivity index (χ1) is 10.0. The lowest BCUT2D eigenvalue weighted by molar-refractivity contribution is -0.123. The van der Waals surface area contributed by atoms with Crippen LogP contribution in [0.1, 0.15) is 18.9 Å². The summed E-state index contributed by atoms with van der Waals surface area (Å²) in [5, 5.41) is 5.38. The van der Waals surface area contributed by atoms with Crippen molar-refractivity contribution in [2.24, 2.45) is 11.7 Å². The number of thiocarbonyl (C=S) groups is 1. The highest BCUT2D eigenvalue weighted by Crippen LogP contribution is 2.09. The number of nitrogens with one attached hydrogen (secondary N) is 2. The van der Waals surface area contributed by atoms with Gasteiger partial charge in [-0.1, -0.05) is 42.5 Å². The van der Waals surface area contributed by atoms with E-state index in [4.69, 9.17) is 18.0 Å². The molecule has 4 N–H and O–H groups in total. The normalized spacial score (nSPS) is 11.5. The van der Waals surface area contributed by atoms with Gasteiger partial charge >= 0.3 is 0 Å². The van der Waals surface area contributed by atoms with E-state index >= 15 is 0 Å². The molecule has 0 saturated carbocycles. The van der Waals surface area contributed by atoms with Crippen molar-refractivity contribution >= 4 is 29.0 Å². The van der Waals surface area contributed by atoms with Crippen molar-refractivity contribution in [2.75, 3.05) is 13.1 Å². The zero-order valence-electron chi connectivity index (χ0n) is 12.1. The summed E-state index contributed by atoms with van der Waals surface area (Å²) in [5.74, 6) is -0.889. The quantitative estimate of drug-likeness (QED) is 0.620. The molecule has 1 rings (SSSR count). The largest absolute Gasteiger partial charge is 0.393 e. The predicted octanol–water partition coefficient (Wildman–Crippen LogP) is 0.774. The zero-order valence-corrected chi connectivity index (χ0v) is 12.9. The lowest BCUT2D eigenvalue weighted by atomic mass is 9.98. The molecular formula is C15H21N3O2S. The maximum atomic E-state index is 12.1. The minimum absolute atomic E-state index is 0.0901. The number of carbonyl (C=O) groups excluding carboxylic acids is 2. The first-order valence-electron chi connectivity index (χ1n) is 6.92. The summed E-state index contributed by atoms with van der Waals surface area (Å²) < 4.78 is 0. The van der Waals surface area contributed by atoms with Crippen molar-refractivity contribution in [3.8, 4) is 0 Å². The van der Waals surface area contributed by atoms with Crippen molar-refractivity contribution in [2.45, 2.75) is 19.8 Å². The Hall–Kier alpha value is -1.95. The molecule has 1 aromatic carbocycles. The Bertz CT molecular complexity index is 491. The Kier molecular flexibility index (Phi) is 7.39. The van der Waals surface area contributed by atoms with Crippen LogP contribution in [0.5, 0.6) is 0 Å². The molecule has 0 aliphatic carbocycles. The van der Waals surface area contributed by atoms with E-state index in [-0.39, 0.29) is 29.8 Å². The summed E-state index contributed by atoms with van der Waals surface area (Å²) in [5.41, 5.74) is 6.65. The van der Waals surface area contributed by atoms with E-state index in [1.165, 1.54) is 0 Å². The van der Waals surface area contributed by atoms with Crippen LogP contribution in [0, 0.1) is 5.92 Å². The van der Waals surface area contributed by atoms with Crippen molar-refractivity contribution < 1.29 is 9.59 Å². The molecule has 21 heavy (non-hydrogen) atoms. The van der Waals surface area contributed by atoms with E-state index in [0.717, 1.165) is 5.56 Å². The van der Waals surface area contributed by atoms with Crippen LogP contribution in [0.3, 0.4) is 0 Å². The molecule has 0 radical (unpaired) electrons. The smallest absolute Gasteiger partial charge is 0.230 e. The van der Waals surface area contributed by atoms with Gasteiger partial charge in [0.15, 0.2) is 0 Å². The van der Waals surface area contributed by atoms with Crippen LogP contribution in [-0.2, 0) is 16.0 Å². The topological polar surface area (TPSA) is 84.2 Å². The number of rotatable bonds is 8. The van der Waals surface area contributed by atoms with Crippen LogP contribution < -0.4 is 16.4 Å². The van der Waals surface area contributed by atoms with Gasteiger partial charge in [0.2, 0.25) is 11.8 Å². The van der Waals surface area contributed by atoms with Crippen molar-refractivity contribution in [1.29, 1.82) is 0 Å². The SMILES string of the molecule is CCNC(=O)CCNC(=O)C(Cc1ccccc1)C(N)=S. The third-order valence-electron chi connectivity index (χ3n) is 2.97. The summed E-state index contributed by atoms with van der Waals surface area (Å²) in [4.78, 5) is 23.6. The predicted molar refractivity (Wildman–Crippen MR) is 86.7 cm³/mol. The van der Waals surface area contributed by atoms with Crippen molar-refractivity contribution in [3.05, 3.63) is 35.9 Å². The monoisotopic (exact) mass is 307 g/mol. The molecule has 0 heterocycles. The summed E-state index contributed by atoms with van der Waals surface area (Å²) in [6.07, 6.45) is 0.706. The van der Waals surface area contributed by atoms with Crippen LogP contribution >= 0.6 is 12.2 Å². The fraction of sp³-hybridized carbons (Fsp3) is 0.400. The van der Waals surface area contributed by atoms with Gasteiger partial charge in [0.25, 0.3) is 0 Å². The molecule has 0 fully saturated rings. The average Bonchev–Trinajstić information content (AvgIpc) is 2.45. The van der Waals surface area contributed by atoms with Crippen molar-refractivity contribution in [3.63, 3.8) is 0 Å². The van der Waals surface area contributed by atoms with Gasteiger partial charge in [-0.15, -0.1) is 0 Å². The number of hydrogen-bond donors (Lipinski definition) is 3. The lowest BCUT2D eigenvalue weighted by Crippen LogP contribution is -2.40. The molecule has 6 heteroatoms. The summed E-state index contributed by atoms with van der Waals surface area (Å²) in [6.45, 7) is 2.70. The molecule has 114 valence electrons. The van der Waals surface area contributed by atoms with Crippen LogP contribution in [0.15, 0.2) is 30.3 Å². The van der Waals surface area contributed by atoms with Gasteiger partial charge < -0.3 is 16.4 Å². The van der Waals surface area contributed by atoms with Crippen LogP contribution in [0.4, 0.5) is 0 Å². The lowest BCUT2D eigenvalue weighted by Gasteiger charge is -2.15. The maximum Gasteiger partial charge on any atom is 0.230 e. The first kappa shape index (κ1) is 17.1. The van der Waals surface area contributed by atoms with E-state index < -0.39 is 5.92 Å². The average molecular weight is 307 g/mol.